The van der Waals surface area contributed by atoms with Crippen molar-refractivity contribution in [1.82, 2.24) is 20.2 Å². The number of non-ortho nitro benzene ring substituents is 1. The molecule has 0 aliphatic rings. The van der Waals surface area contributed by atoms with Crippen molar-refractivity contribution in [1.29, 1.82) is 0 Å². The molecule has 0 bridgehead atoms. The molecule has 13 heteroatoms. The monoisotopic (exact) mass is 373 g/mol. The number of nitrogens with zero attached hydrogens (tertiary/aromatic N) is 3. The summed E-state index contributed by atoms with van der Waals surface area (Å²) in [4.78, 5) is 49.0. The van der Waals surface area contributed by atoms with E-state index in [1.165, 1.54) is 11.4 Å². The second kappa shape index (κ2) is 7.16. The van der Waals surface area contributed by atoms with Crippen molar-refractivity contribution in [2.75, 3.05) is 6.54 Å². The molecule has 0 aliphatic carbocycles. The number of carbonyl (C=O) groups is 2. The first-order chi connectivity index (χ1) is 12.1. The molecule has 0 spiro atoms. The molecule has 138 valence electrons. The Balaban J connectivity index is 2.14. The number of carbonyl (C=O) groups excluding carboxylic acids is 2. The third kappa shape index (κ3) is 4.75. The molecule has 3 amide bonds. The minimum atomic E-state index is -4.64. The van der Waals surface area contributed by atoms with E-state index in [0.29, 0.717) is 0 Å². The van der Waals surface area contributed by atoms with Crippen LogP contribution in [0.5, 0.6) is 0 Å². The molecular formula is C13H10F3N5O5. The summed E-state index contributed by atoms with van der Waals surface area (Å²) < 4.78 is 36.6. The lowest BCUT2D eigenvalue weighted by Gasteiger charge is -2.10. The van der Waals surface area contributed by atoms with Gasteiger partial charge in [0.2, 0.25) is 5.91 Å². The SMILES string of the molecule is O=C(Cn1cnc2ccc([N+](=O)[O-])cc2c1=O)NC(=O)NCC(F)(F)F. The van der Waals surface area contributed by atoms with Crippen LogP contribution in [-0.4, -0.2) is 39.1 Å². The highest BCUT2D eigenvalue weighted by Crippen LogP contribution is 2.16. The number of alkyl halides is 3. The molecule has 0 aliphatic heterocycles. The zero-order chi connectivity index (χ0) is 19.5. The van der Waals surface area contributed by atoms with Gasteiger partial charge in [-0.2, -0.15) is 13.2 Å². The number of fused-ring (bicyclic) bond motifs is 1. The van der Waals surface area contributed by atoms with Gasteiger partial charge < -0.3 is 5.32 Å². The van der Waals surface area contributed by atoms with Crippen molar-refractivity contribution in [2.45, 2.75) is 12.7 Å². The molecule has 0 saturated carbocycles. The quantitative estimate of drug-likeness (QED) is 0.598. The molecule has 26 heavy (non-hydrogen) atoms. The lowest BCUT2D eigenvalue weighted by atomic mass is 10.2. The van der Waals surface area contributed by atoms with E-state index in [2.05, 4.69) is 4.98 Å². The first-order valence-corrected chi connectivity index (χ1v) is 6.85. The average molecular weight is 373 g/mol. The Morgan fingerprint density at radius 1 is 1.31 bits per heavy atom. The number of benzene rings is 1. The van der Waals surface area contributed by atoms with Crippen LogP contribution in [0.15, 0.2) is 29.3 Å². The molecule has 2 N–H and O–H groups in total. The van der Waals surface area contributed by atoms with E-state index < -0.39 is 41.7 Å². The number of imide groups is 1. The van der Waals surface area contributed by atoms with E-state index in [4.69, 9.17) is 0 Å². The van der Waals surface area contributed by atoms with Crippen LogP contribution in [0.1, 0.15) is 0 Å². The molecule has 2 rings (SSSR count). The van der Waals surface area contributed by atoms with Gasteiger partial charge in [0.15, 0.2) is 0 Å². The Bertz CT molecular complexity index is 940. The van der Waals surface area contributed by atoms with Gasteiger partial charge in [0.25, 0.3) is 11.2 Å². The standard InChI is InChI=1S/C13H10F3N5O5/c14-13(15,16)5-17-12(24)19-10(22)4-20-6-18-9-2-1-7(21(25)26)3-8(9)11(20)23/h1-3,6H,4-5H2,(H2,17,19,22,24). The second-order valence-electron chi connectivity index (χ2n) is 4.98. The number of hydrogen-bond donors (Lipinski definition) is 2. The molecule has 2 aromatic rings. The zero-order valence-corrected chi connectivity index (χ0v) is 12.7. The Kier molecular flexibility index (Phi) is 5.19. The van der Waals surface area contributed by atoms with Crippen molar-refractivity contribution in [3.05, 3.63) is 45.0 Å². The summed E-state index contributed by atoms with van der Waals surface area (Å²) in [5.74, 6) is -1.07. The molecule has 10 nitrogen and oxygen atoms in total. The smallest absolute Gasteiger partial charge is 0.329 e. The molecule has 1 aromatic carbocycles. The number of nitro benzene ring substituents is 1. The molecule has 1 heterocycles. The van der Waals surface area contributed by atoms with Gasteiger partial charge in [-0.1, -0.05) is 0 Å². The first-order valence-electron chi connectivity index (χ1n) is 6.85. The lowest BCUT2D eigenvalue weighted by molar-refractivity contribution is -0.384. The number of rotatable bonds is 4. The largest absolute Gasteiger partial charge is 0.405 e. The number of hydrogen-bond acceptors (Lipinski definition) is 6. The van der Waals surface area contributed by atoms with Gasteiger partial charge in [-0.3, -0.25) is 29.6 Å². The van der Waals surface area contributed by atoms with Gasteiger partial charge in [0, 0.05) is 12.1 Å². The Hall–Kier alpha value is -3.51. The number of halogens is 3. The summed E-state index contributed by atoms with van der Waals surface area (Å²) in [5.41, 5.74) is -0.991. The molecule has 0 saturated heterocycles. The first kappa shape index (κ1) is 18.8. The summed E-state index contributed by atoms with van der Waals surface area (Å²) in [6.45, 7) is -2.35. The second-order valence-corrected chi connectivity index (χ2v) is 4.98. The van der Waals surface area contributed by atoms with E-state index in [-0.39, 0.29) is 16.6 Å². The molecule has 1 aromatic heterocycles. The van der Waals surface area contributed by atoms with Crippen LogP contribution in [0.2, 0.25) is 0 Å². The maximum absolute atomic E-state index is 12.3. The van der Waals surface area contributed by atoms with Gasteiger partial charge in [0.05, 0.1) is 22.2 Å². The number of urea groups is 1. The summed E-state index contributed by atoms with van der Waals surface area (Å²) in [6, 6.07) is 2.00. The van der Waals surface area contributed by atoms with Crippen molar-refractivity contribution < 1.29 is 27.7 Å². The number of nitrogens with one attached hydrogen (secondary N) is 2. The predicted octanol–water partition coefficient (Wildman–Crippen LogP) is 0.693. The minimum Gasteiger partial charge on any atom is -0.329 e. The highest BCUT2D eigenvalue weighted by molar-refractivity contribution is 5.94. The van der Waals surface area contributed by atoms with Crippen LogP contribution in [0.25, 0.3) is 10.9 Å². The van der Waals surface area contributed by atoms with E-state index >= 15 is 0 Å². The maximum Gasteiger partial charge on any atom is 0.405 e. The van der Waals surface area contributed by atoms with Gasteiger partial charge in [-0.05, 0) is 6.07 Å². The highest BCUT2D eigenvalue weighted by atomic mass is 19.4. The summed E-state index contributed by atoms with van der Waals surface area (Å²) in [6.07, 6.45) is -3.67. The molecule has 0 unspecified atom stereocenters. The molecule has 0 fully saturated rings. The van der Waals surface area contributed by atoms with Crippen molar-refractivity contribution in [3.8, 4) is 0 Å². The molecule has 0 atom stereocenters. The van der Waals surface area contributed by atoms with Crippen LogP contribution in [0.4, 0.5) is 23.7 Å². The van der Waals surface area contributed by atoms with Gasteiger partial charge >= 0.3 is 12.2 Å². The normalized spacial score (nSPS) is 11.2. The van der Waals surface area contributed by atoms with Crippen LogP contribution < -0.4 is 16.2 Å². The van der Waals surface area contributed by atoms with E-state index in [1.807, 2.05) is 0 Å². The molecule has 0 radical (unpaired) electrons. The number of aromatic nitrogens is 2. The van der Waals surface area contributed by atoms with Crippen LogP contribution in [-0.2, 0) is 11.3 Å². The fourth-order valence-electron chi connectivity index (χ4n) is 1.92. The third-order valence-corrected chi connectivity index (χ3v) is 3.03. The summed E-state index contributed by atoms with van der Waals surface area (Å²) in [5, 5.41) is 13.7. The Morgan fingerprint density at radius 3 is 2.62 bits per heavy atom. The van der Waals surface area contributed by atoms with Crippen molar-refractivity contribution >= 4 is 28.5 Å². The van der Waals surface area contributed by atoms with Crippen LogP contribution >= 0.6 is 0 Å². The highest BCUT2D eigenvalue weighted by Gasteiger charge is 2.28. The van der Waals surface area contributed by atoms with Gasteiger partial charge in [-0.25, -0.2) is 9.78 Å². The van der Waals surface area contributed by atoms with Gasteiger partial charge in [-0.15, -0.1) is 0 Å². The fraction of sp³-hybridized carbons (Fsp3) is 0.231. The number of amides is 3. The molecular weight excluding hydrogens is 363 g/mol. The Morgan fingerprint density at radius 2 is 2.00 bits per heavy atom. The lowest BCUT2D eigenvalue weighted by Crippen LogP contribution is -2.45. The van der Waals surface area contributed by atoms with Crippen molar-refractivity contribution in [2.24, 2.45) is 0 Å². The maximum atomic E-state index is 12.3. The minimum absolute atomic E-state index is 0.129. The van der Waals surface area contributed by atoms with Crippen LogP contribution in [0, 0.1) is 10.1 Å². The van der Waals surface area contributed by atoms with E-state index in [1.54, 1.807) is 5.32 Å². The average Bonchev–Trinajstić information content (AvgIpc) is 2.54. The number of nitro groups is 1. The van der Waals surface area contributed by atoms with Crippen LogP contribution in [0.3, 0.4) is 0 Å². The third-order valence-electron chi connectivity index (χ3n) is 3.03. The zero-order valence-electron chi connectivity index (χ0n) is 12.7. The van der Waals surface area contributed by atoms with Crippen molar-refractivity contribution in [3.63, 3.8) is 0 Å². The predicted molar refractivity (Wildman–Crippen MR) is 80.3 cm³/mol. The van der Waals surface area contributed by atoms with Gasteiger partial charge in [0.1, 0.15) is 13.1 Å². The van der Waals surface area contributed by atoms with E-state index in [9.17, 15) is 37.7 Å². The topological polar surface area (TPSA) is 136 Å². The Labute approximate surface area is 141 Å². The van der Waals surface area contributed by atoms with E-state index in [0.717, 1.165) is 23.0 Å². The summed E-state index contributed by atoms with van der Waals surface area (Å²) in [7, 11) is 0. The fourth-order valence-corrected chi connectivity index (χ4v) is 1.92. The summed E-state index contributed by atoms with van der Waals surface area (Å²) >= 11 is 0.